The van der Waals surface area contributed by atoms with Crippen LogP contribution >= 0.6 is 0 Å². The van der Waals surface area contributed by atoms with E-state index in [0.29, 0.717) is 25.3 Å². The smallest absolute Gasteiger partial charge is 0.290 e. The van der Waals surface area contributed by atoms with Crippen LogP contribution in [0.5, 0.6) is 0 Å². The molecule has 0 bridgehead atoms. The summed E-state index contributed by atoms with van der Waals surface area (Å²) >= 11 is 0. The van der Waals surface area contributed by atoms with E-state index in [9.17, 15) is 4.79 Å². The third-order valence-electron chi connectivity index (χ3n) is 5.69. The number of nitrogens with zero attached hydrogens (tertiary/aromatic N) is 3. The number of benzene rings is 1. The number of amides is 1. The normalized spacial score (nSPS) is 18.9. The van der Waals surface area contributed by atoms with Gasteiger partial charge in [-0.25, -0.2) is 0 Å². The van der Waals surface area contributed by atoms with Crippen LogP contribution in [0, 0.1) is 12.3 Å². The fourth-order valence-corrected chi connectivity index (χ4v) is 4.33. The first kappa shape index (κ1) is 19.2. The molecule has 0 atom stereocenters. The van der Waals surface area contributed by atoms with Gasteiger partial charge in [-0.15, -0.1) is 5.10 Å². The molecular weight excluding hydrogens is 366 g/mol. The Morgan fingerprint density at radius 3 is 2.62 bits per heavy atom. The van der Waals surface area contributed by atoms with Crippen LogP contribution in [0.4, 0.5) is 0 Å². The van der Waals surface area contributed by atoms with Gasteiger partial charge in [-0.3, -0.25) is 4.79 Å². The Kier molecular flexibility index (Phi) is 4.68. The van der Waals surface area contributed by atoms with Crippen LogP contribution < -0.4 is 11.5 Å². The zero-order valence-corrected chi connectivity index (χ0v) is 17.2. The number of fused-ring (bicyclic) bond motifs is 2. The number of rotatable bonds is 2. The number of nitrogens with two attached hydrogens (primary N) is 2. The molecule has 0 saturated heterocycles. The SMILES string of the molecule is Cc1c(C(=O)N2CCc3ccccc3C2)oc2c1/C(=N\N=C(N)N)CC(C)(C)C2. The molecule has 2 aromatic rings. The van der Waals surface area contributed by atoms with E-state index in [2.05, 4.69) is 36.2 Å². The lowest BCUT2D eigenvalue weighted by molar-refractivity contribution is 0.0698. The second kappa shape index (κ2) is 7.06. The van der Waals surface area contributed by atoms with Crippen LogP contribution in [0.1, 0.15) is 58.8 Å². The largest absolute Gasteiger partial charge is 0.455 e. The van der Waals surface area contributed by atoms with E-state index in [1.807, 2.05) is 24.0 Å². The van der Waals surface area contributed by atoms with Crippen molar-refractivity contribution in [2.24, 2.45) is 27.1 Å². The van der Waals surface area contributed by atoms with Crippen molar-refractivity contribution in [3.63, 3.8) is 0 Å². The van der Waals surface area contributed by atoms with E-state index in [1.165, 1.54) is 11.1 Å². The summed E-state index contributed by atoms with van der Waals surface area (Å²) in [6.07, 6.45) is 2.30. The Hall–Kier alpha value is -3.09. The van der Waals surface area contributed by atoms with Crippen LogP contribution in [0.3, 0.4) is 0 Å². The van der Waals surface area contributed by atoms with Gasteiger partial charge in [0, 0.05) is 30.6 Å². The summed E-state index contributed by atoms with van der Waals surface area (Å²) in [7, 11) is 0. The molecule has 0 unspecified atom stereocenters. The van der Waals surface area contributed by atoms with Crippen molar-refractivity contribution in [2.45, 2.75) is 46.6 Å². The highest BCUT2D eigenvalue weighted by Crippen LogP contribution is 2.39. The second-order valence-corrected chi connectivity index (χ2v) is 8.69. The Morgan fingerprint density at radius 1 is 1.17 bits per heavy atom. The molecule has 0 radical (unpaired) electrons. The zero-order valence-electron chi connectivity index (χ0n) is 17.2. The summed E-state index contributed by atoms with van der Waals surface area (Å²) in [6.45, 7) is 7.47. The average molecular weight is 393 g/mol. The first-order chi connectivity index (χ1) is 13.7. The minimum absolute atomic E-state index is 0.0562. The van der Waals surface area contributed by atoms with E-state index in [1.54, 1.807) is 0 Å². The molecule has 1 amide bonds. The number of carbonyl (C=O) groups excluding carboxylic acids is 1. The first-order valence-electron chi connectivity index (χ1n) is 9.89. The van der Waals surface area contributed by atoms with Crippen LogP contribution in [-0.4, -0.2) is 29.0 Å². The fourth-order valence-electron chi connectivity index (χ4n) is 4.33. The molecule has 7 nitrogen and oxygen atoms in total. The van der Waals surface area contributed by atoms with Crippen LogP contribution in [0.2, 0.25) is 0 Å². The van der Waals surface area contributed by atoms with E-state index in [-0.39, 0.29) is 17.3 Å². The zero-order chi connectivity index (χ0) is 20.8. The predicted molar refractivity (Wildman–Crippen MR) is 113 cm³/mol. The van der Waals surface area contributed by atoms with Crippen molar-refractivity contribution in [2.75, 3.05) is 6.54 Å². The highest BCUT2D eigenvalue weighted by molar-refractivity contribution is 6.07. The number of hydrogen-bond acceptors (Lipinski definition) is 4. The Morgan fingerprint density at radius 2 is 1.90 bits per heavy atom. The molecule has 4 N–H and O–H groups in total. The molecule has 0 saturated carbocycles. The lowest BCUT2D eigenvalue weighted by Crippen LogP contribution is -2.36. The summed E-state index contributed by atoms with van der Waals surface area (Å²) in [5, 5.41) is 8.11. The van der Waals surface area contributed by atoms with Crippen molar-refractivity contribution < 1.29 is 9.21 Å². The molecule has 1 aromatic heterocycles. The van der Waals surface area contributed by atoms with Crippen molar-refractivity contribution in [3.8, 4) is 0 Å². The summed E-state index contributed by atoms with van der Waals surface area (Å²) in [4.78, 5) is 15.2. The Balaban J connectivity index is 1.69. The third kappa shape index (κ3) is 3.64. The molecule has 0 spiro atoms. The van der Waals surface area contributed by atoms with E-state index in [4.69, 9.17) is 15.9 Å². The third-order valence-corrected chi connectivity index (χ3v) is 5.69. The fraction of sp³-hybridized carbons (Fsp3) is 0.409. The van der Waals surface area contributed by atoms with Crippen LogP contribution in [-0.2, 0) is 19.4 Å². The maximum absolute atomic E-state index is 13.3. The summed E-state index contributed by atoms with van der Waals surface area (Å²) in [5.41, 5.74) is 15.8. The quantitative estimate of drug-likeness (QED) is 0.464. The Bertz CT molecular complexity index is 1030. The van der Waals surface area contributed by atoms with E-state index in [0.717, 1.165) is 35.4 Å². The van der Waals surface area contributed by atoms with Gasteiger partial charge >= 0.3 is 0 Å². The lowest BCUT2D eigenvalue weighted by atomic mass is 9.75. The molecule has 1 aliphatic heterocycles. The maximum Gasteiger partial charge on any atom is 0.290 e. The first-order valence-corrected chi connectivity index (χ1v) is 9.89. The molecule has 2 heterocycles. The van der Waals surface area contributed by atoms with Crippen molar-refractivity contribution in [1.29, 1.82) is 0 Å². The summed E-state index contributed by atoms with van der Waals surface area (Å²) < 4.78 is 6.13. The number of guanidine groups is 1. The van der Waals surface area contributed by atoms with Gasteiger partial charge < -0.3 is 20.8 Å². The van der Waals surface area contributed by atoms with Gasteiger partial charge in [0.2, 0.25) is 5.96 Å². The number of furan rings is 1. The molecule has 29 heavy (non-hydrogen) atoms. The standard InChI is InChI=1S/C22H27N5O2/c1-13-18-16(25-26-21(23)24)10-22(2,3)11-17(18)29-19(13)20(28)27-9-8-14-6-4-5-7-15(14)12-27/h4-7H,8-12H2,1-3H3,(H4,23,24,26)/b25-16-. The van der Waals surface area contributed by atoms with Gasteiger partial charge in [-0.2, -0.15) is 5.10 Å². The molecular formula is C22H27N5O2. The van der Waals surface area contributed by atoms with Crippen molar-refractivity contribution in [3.05, 3.63) is 58.0 Å². The van der Waals surface area contributed by atoms with Gasteiger partial charge in [-0.05, 0) is 36.3 Å². The van der Waals surface area contributed by atoms with Crippen LogP contribution in [0.15, 0.2) is 38.9 Å². The van der Waals surface area contributed by atoms with Crippen molar-refractivity contribution in [1.82, 2.24) is 4.90 Å². The molecule has 1 aliphatic carbocycles. The molecule has 2 aliphatic rings. The van der Waals surface area contributed by atoms with Gasteiger partial charge in [0.25, 0.3) is 5.91 Å². The predicted octanol–water partition coefficient (Wildman–Crippen LogP) is 2.74. The van der Waals surface area contributed by atoms with E-state index < -0.39 is 0 Å². The summed E-state index contributed by atoms with van der Waals surface area (Å²) in [6, 6.07) is 8.26. The van der Waals surface area contributed by atoms with Crippen molar-refractivity contribution >= 4 is 17.6 Å². The summed E-state index contributed by atoms with van der Waals surface area (Å²) in [5.74, 6) is 1.01. The van der Waals surface area contributed by atoms with Gasteiger partial charge in [-0.1, -0.05) is 38.1 Å². The average Bonchev–Trinajstić information content (AvgIpc) is 3.00. The molecule has 4 rings (SSSR count). The van der Waals surface area contributed by atoms with Gasteiger partial charge in [0.1, 0.15) is 5.76 Å². The van der Waals surface area contributed by atoms with Crippen LogP contribution in [0.25, 0.3) is 0 Å². The minimum Gasteiger partial charge on any atom is -0.455 e. The lowest BCUT2D eigenvalue weighted by Gasteiger charge is -2.29. The molecule has 0 fully saturated rings. The number of hydrogen-bond donors (Lipinski definition) is 2. The monoisotopic (exact) mass is 393 g/mol. The van der Waals surface area contributed by atoms with Gasteiger partial charge in [0.15, 0.2) is 5.76 Å². The molecule has 152 valence electrons. The topological polar surface area (TPSA) is 110 Å². The second-order valence-electron chi connectivity index (χ2n) is 8.69. The maximum atomic E-state index is 13.3. The van der Waals surface area contributed by atoms with E-state index >= 15 is 0 Å². The molecule has 1 aromatic carbocycles. The highest BCUT2D eigenvalue weighted by atomic mass is 16.4. The molecule has 7 heteroatoms. The number of carbonyl (C=O) groups is 1. The van der Waals surface area contributed by atoms with Gasteiger partial charge in [0.05, 0.1) is 5.71 Å². The Labute approximate surface area is 170 Å². The minimum atomic E-state index is -0.0909. The highest BCUT2D eigenvalue weighted by Gasteiger charge is 2.37.